The molecular formula is C35H52N12O9. The highest BCUT2D eigenvalue weighted by molar-refractivity contribution is 5.97. The molecule has 0 unspecified atom stereocenters. The van der Waals surface area contributed by atoms with Crippen LogP contribution in [0.3, 0.4) is 0 Å². The van der Waals surface area contributed by atoms with E-state index in [-0.39, 0.29) is 44.1 Å². The van der Waals surface area contributed by atoms with E-state index in [9.17, 15) is 43.8 Å². The summed E-state index contributed by atoms with van der Waals surface area (Å²) in [6.07, 6.45) is 4.08. The molecule has 1 aromatic heterocycles. The molecule has 0 aliphatic carbocycles. The van der Waals surface area contributed by atoms with E-state index in [1.165, 1.54) is 31.3 Å². The zero-order valence-corrected chi connectivity index (χ0v) is 31.3. The molecule has 1 saturated heterocycles. The van der Waals surface area contributed by atoms with Gasteiger partial charge in [0.25, 0.3) is 0 Å². The number of carboxylic acids is 1. The van der Waals surface area contributed by atoms with Crippen molar-refractivity contribution in [2.24, 2.45) is 22.2 Å². The quantitative estimate of drug-likeness (QED) is 0.0328. The molecule has 2 aromatic rings. The van der Waals surface area contributed by atoms with E-state index in [1.54, 1.807) is 0 Å². The molecule has 1 aliphatic rings. The van der Waals surface area contributed by atoms with Gasteiger partial charge in [-0.25, -0.2) is 9.78 Å². The van der Waals surface area contributed by atoms with Gasteiger partial charge in [0.05, 0.1) is 19.0 Å². The van der Waals surface area contributed by atoms with Gasteiger partial charge >= 0.3 is 5.97 Å². The maximum absolute atomic E-state index is 13.5. The number of carboxylic acid groups (broad SMARTS) is 1. The first kappa shape index (κ1) is 44.3. The Hall–Kier alpha value is -6.09. The third-order valence-electron chi connectivity index (χ3n) is 8.95. The van der Waals surface area contributed by atoms with Crippen LogP contribution in [0.5, 0.6) is 0 Å². The summed E-state index contributed by atoms with van der Waals surface area (Å²) in [6, 6.07) is 0.832. The fourth-order valence-electron chi connectivity index (χ4n) is 5.87. The maximum Gasteiger partial charge on any atom is 0.326 e. The minimum Gasteiger partial charge on any atom is -0.480 e. The average Bonchev–Trinajstić information content (AvgIpc) is 3.87. The highest BCUT2D eigenvalue weighted by atomic mass is 16.4. The lowest BCUT2D eigenvalue weighted by Gasteiger charge is -2.28. The molecule has 0 spiro atoms. The molecule has 0 saturated carbocycles. The van der Waals surface area contributed by atoms with Crippen LogP contribution in [0.1, 0.15) is 50.8 Å². The predicted molar refractivity (Wildman–Crippen MR) is 201 cm³/mol. The van der Waals surface area contributed by atoms with Gasteiger partial charge in [-0.2, -0.15) is 0 Å². The minimum absolute atomic E-state index is 0.0508. The third-order valence-corrected chi connectivity index (χ3v) is 8.95. The number of H-pyrrole nitrogens is 1. The zero-order valence-electron chi connectivity index (χ0n) is 31.3. The highest BCUT2D eigenvalue weighted by Gasteiger charge is 2.37. The van der Waals surface area contributed by atoms with Crippen LogP contribution in [0.4, 0.5) is 0 Å². The van der Waals surface area contributed by atoms with Crippen molar-refractivity contribution < 1.29 is 43.8 Å². The molecule has 1 aliphatic heterocycles. The first-order valence-corrected chi connectivity index (χ1v) is 18.1. The van der Waals surface area contributed by atoms with Crippen molar-refractivity contribution >= 4 is 47.4 Å². The number of likely N-dealkylation sites (tertiary alicyclic amines) is 1. The number of aromatic amines is 1. The number of aliphatic carboxylic acids is 1. The number of guanidine groups is 1. The smallest absolute Gasteiger partial charge is 0.326 e. The van der Waals surface area contributed by atoms with Crippen molar-refractivity contribution in [3.8, 4) is 0 Å². The van der Waals surface area contributed by atoms with Crippen molar-refractivity contribution in [3.05, 3.63) is 54.1 Å². The number of nitrogens with zero attached hydrogens (tertiary/aromatic N) is 3. The lowest BCUT2D eigenvalue weighted by Crippen LogP contribution is -2.59. The number of aliphatic hydroxyl groups is 1. The molecule has 7 atom stereocenters. The van der Waals surface area contributed by atoms with E-state index in [0.29, 0.717) is 25.1 Å². The molecule has 14 N–H and O–H groups in total. The van der Waals surface area contributed by atoms with Crippen LogP contribution in [-0.2, 0) is 46.4 Å². The normalized spacial score (nSPS) is 16.9. The third kappa shape index (κ3) is 13.6. The Balaban J connectivity index is 1.59. The van der Waals surface area contributed by atoms with Gasteiger partial charge in [-0.1, -0.05) is 30.3 Å². The van der Waals surface area contributed by atoms with Gasteiger partial charge in [-0.15, -0.1) is 0 Å². The Bertz CT molecular complexity index is 1690. The Morgan fingerprint density at radius 3 is 2.12 bits per heavy atom. The zero-order chi connectivity index (χ0) is 41.4. The Morgan fingerprint density at radius 1 is 0.893 bits per heavy atom. The summed E-state index contributed by atoms with van der Waals surface area (Å²) in [6.45, 7) is 2.25. The number of rotatable bonds is 21. The largest absolute Gasteiger partial charge is 0.480 e. The van der Waals surface area contributed by atoms with Crippen LogP contribution in [0.25, 0.3) is 0 Å². The van der Waals surface area contributed by atoms with Crippen LogP contribution in [0, 0.1) is 0 Å². The van der Waals surface area contributed by atoms with E-state index in [1.807, 2.05) is 30.3 Å². The molecule has 6 amide bonds. The number of carbonyl (C=O) groups is 7. The van der Waals surface area contributed by atoms with Crippen molar-refractivity contribution in [1.29, 1.82) is 0 Å². The lowest BCUT2D eigenvalue weighted by molar-refractivity contribution is -0.142. The summed E-state index contributed by atoms with van der Waals surface area (Å²) in [5, 5.41) is 31.5. The number of aliphatic imine (C=N–C) groups is 1. The second-order valence-corrected chi connectivity index (χ2v) is 13.4. The fourth-order valence-corrected chi connectivity index (χ4v) is 5.87. The van der Waals surface area contributed by atoms with Gasteiger partial charge in [-0.3, -0.25) is 33.8 Å². The summed E-state index contributed by atoms with van der Waals surface area (Å²) >= 11 is 0. The molecule has 0 radical (unpaired) electrons. The molecule has 2 heterocycles. The molecule has 306 valence electrons. The monoisotopic (exact) mass is 784 g/mol. The molecule has 21 nitrogen and oxygen atoms in total. The topological polar surface area (TPSA) is 342 Å². The molecular weight excluding hydrogens is 732 g/mol. The number of aromatic nitrogens is 2. The van der Waals surface area contributed by atoms with Gasteiger partial charge in [0.15, 0.2) is 5.96 Å². The number of imidazole rings is 1. The fraction of sp³-hybridized carbons (Fsp3) is 0.514. The van der Waals surface area contributed by atoms with Crippen LogP contribution < -0.4 is 43.8 Å². The average molecular weight is 785 g/mol. The standard InChI is InChI=1S/C35H52N12O9/c1-19(29(50)46-26(17-48)31(52)44-24(34(55)56)10-6-12-40-35(37)38)42-30(51)25(15-22-16-39-18-41-22)45-28(49)20(2)43-32(53)27-11-7-13-47(27)33(54)23(36)14-21-8-4-3-5-9-21/h3-5,8-9,16,18-20,23-27,48H,6-7,10-15,17,36H2,1-2H3,(H,39,41)(H,42,51)(H,43,53)(H,44,52)(H,45,49)(H,46,50)(H,55,56)(H4,37,38,40)/t19-,20-,23-,24-,25-,26-,27-/m0/s1. The van der Waals surface area contributed by atoms with Crippen LogP contribution in [0.15, 0.2) is 47.8 Å². The summed E-state index contributed by atoms with van der Waals surface area (Å²) in [5.74, 6) is -5.94. The summed E-state index contributed by atoms with van der Waals surface area (Å²) in [5.41, 5.74) is 18.1. The van der Waals surface area contributed by atoms with E-state index >= 15 is 0 Å². The van der Waals surface area contributed by atoms with Crippen molar-refractivity contribution in [1.82, 2.24) is 41.5 Å². The second-order valence-electron chi connectivity index (χ2n) is 13.4. The molecule has 3 rings (SSSR count). The molecule has 0 bridgehead atoms. The van der Waals surface area contributed by atoms with Crippen LogP contribution >= 0.6 is 0 Å². The Kier molecular flexibility index (Phi) is 17.2. The van der Waals surface area contributed by atoms with Crippen molar-refractivity contribution in [3.63, 3.8) is 0 Å². The first-order chi connectivity index (χ1) is 26.6. The van der Waals surface area contributed by atoms with Gasteiger partial charge < -0.3 is 63.9 Å². The Labute approximate surface area is 323 Å². The number of nitrogens with one attached hydrogen (secondary N) is 6. The van der Waals surface area contributed by atoms with Gasteiger partial charge in [0.1, 0.15) is 36.3 Å². The first-order valence-electron chi connectivity index (χ1n) is 18.1. The number of benzene rings is 1. The molecule has 56 heavy (non-hydrogen) atoms. The van der Waals surface area contributed by atoms with E-state index in [4.69, 9.17) is 17.2 Å². The maximum atomic E-state index is 13.5. The van der Waals surface area contributed by atoms with E-state index in [2.05, 4.69) is 41.5 Å². The number of aliphatic hydroxyl groups excluding tert-OH is 1. The summed E-state index contributed by atoms with van der Waals surface area (Å²) in [4.78, 5) is 103. The SMILES string of the molecule is C[C@H](NC(=O)[C@H](Cc1cnc[nH]1)NC(=O)[C@H](C)NC(=O)[C@@H]1CCCN1C(=O)[C@@H](N)Cc1ccccc1)C(=O)N[C@@H](CO)C(=O)N[C@@H](CCCN=C(N)N)C(=O)O. The summed E-state index contributed by atoms with van der Waals surface area (Å²) in [7, 11) is 0. The van der Waals surface area contributed by atoms with Gasteiger partial charge in [0, 0.05) is 31.4 Å². The second kappa shape index (κ2) is 21.7. The number of hydrogen-bond acceptors (Lipinski definition) is 11. The van der Waals surface area contributed by atoms with E-state index in [0.717, 1.165) is 5.56 Å². The number of nitrogens with two attached hydrogens (primary N) is 3. The van der Waals surface area contributed by atoms with E-state index < -0.39 is 84.4 Å². The van der Waals surface area contributed by atoms with Gasteiger partial charge in [0.2, 0.25) is 35.4 Å². The molecule has 1 aromatic carbocycles. The predicted octanol–water partition coefficient (Wildman–Crippen LogP) is -3.89. The number of hydrogen-bond donors (Lipinski definition) is 11. The van der Waals surface area contributed by atoms with Crippen molar-refractivity contribution in [2.75, 3.05) is 19.7 Å². The summed E-state index contributed by atoms with van der Waals surface area (Å²) < 4.78 is 0. The van der Waals surface area contributed by atoms with Gasteiger partial charge in [-0.05, 0) is 51.5 Å². The lowest BCUT2D eigenvalue weighted by atomic mass is 10.0. The molecule has 1 fully saturated rings. The number of carbonyl (C=O) groups excluding carboxylic acids is 6. The molecule has 21 heteroatoms. The van der Waals surface area contributed by atoms with Crippen LogP contribution in [0.2, 0.25) is 0 Å². The van der Waals surface area contributed by atoms with Crippen LogP contribution in [-0.4, -0.2) is 134 Å². The van der Waals surface area contributed by atoms with Crippen molar-refractivity contribution in [2.45, 2.75) is 94.7 Å². The minimum atomic E-state index is -1.57. The highest BCUT2D eigenvalue weighted by Crippen LogP contribution is 2.19. The number of amides is 6. The Morgan fingerprint density at radius 2 is 1.52 bits per heavy atom.